The molecule has 1 atom stereocenters. The molecule has 1 aromatic heterocycles. The van der Waals surface area contributed by atoms with Crippen LogP contribution >= 0.6 is 0 Å². The van der Waals surface area contributed by atoms with Crippen molar-refractivity contribution in [2.75, 3.05) is 0 Å². The lowest BCUT2D eigenvalue weighted by molar-refractivity contribution is -0.127. The van der Waals surface area contributed by atoms with Crippen LogP contribution in [0.1, 0.15) is 43.0 Å². The Morgan fingerprint density at radius 2 is 1.89 bits per heavy atom. The number of hydrogen-bond acceptors (Lipinski definition) is 6. The normalized spacial score (nSPS) is 15.1. The number of carbonyl (C=O) groups is 3. The van der Waals surface area contributed by atoms with Crippen LogP contribution in [0.25, 0.3) is 5.69 Å². The molecule has 0 unspecified atom stereocenters. The zero-order chi connectivity index (χ0) is 19.2. The van der Waals surface area contributed by atoms with Crippen LogP contribution in [-0.2, 0) is 9.53 Å². The van der Waals surface area contributed by atoms with Crippen molar-refractivity contribution in [1.82, 2.24) is 25.4 Å². The molecule has 0 radical (unpaired) electrons. The summed E-state index contributed by atoms with van der Waals surface area (Å²) in [6.45, 7) is 1.42. The number of nitrogens with one attached hydrogen (secondary N) is 2. The molecule has 9 heteroatoms. The summed E-state index contributed by atoms with van der Waals surface area (Å²) in [6, 6.07) is 6.04. The van der Waals surface area contributed by atoms with Gasteiger partial charge in [-0.15, -0.1) is 0 Å². The summed E-state index contributed by atoms with van der Waals surface area (Å²) < 4.78 is 6.68. The lowest BCUT2D eigenvalue weighted by Gasteiger charge is -2.15. The van der Waals surface area contributed by atoms with E-state index in [4.69, 9.17) is 4.74 Å². The maximum absolute atomic E-state index is 12.2. The Kier molecular flexibility index (Phi) is 5.80. The topological polar surface area (TPSA) is 115 Å². The number of esters is 1. The van der Waals surface area contributed by atoms with Crippen molar-refractivity contribution in [1.29, 1.82) is 0 Å². The van der Waals surface area contributed by atoms with Crippen LogP contribution in [0.15, 0.2) is 36.9 Å². The van der Waals surface area contributed by atoms with Gasteiger partial charge in [0.1, 0.15) is 12.7 Å². The van der Waals surface area contributed by atoms with E-state index in [1.807, 2.05) is 0 Å². The second-order valence-electron chi connectivity index (χ2n) is 6.38. The molecule has 1 aliphatic rings. The molecular weight excluding hydrogens is 350 g/mol. The predicted molar refractivity (Wildman–Crippen MR) is 95.2 cm³/mol. The van der Waals surface area contributed by atoms with Crippen molar-refractivity contribution in [3.8, 4) is 5.69 Å². The van der Waals surface area contributed by atoms with Crippen molar-refractivity contribution in [2.24, 2.45) is 0 Å². The third-order valence-corrected chi connectivity index (χ3v) is 4.37. The summed E-state index contributed by atoms with van der Waals surface area (Å²) in [4.78, 5) is 39.9. The molecule has 27 heavy (non-hydrogen) atoms. The van der Waals surface area contributed by atoms with Crippen LogP contribution < -0.4 is 10.6 Å². The maximum atomic E-state index is 12.2. The van der Waals surface area contributed by atoms with Gasteiger partial charge in [-0.25, -0.2) is 19.3 Å². The van der Waals surface area contributed by atoms with Gasteiger partial charge in [-0.1, -0.05) is 12.8 Å². The second kappa shape index (κ2) is 8.43. The Morgan fingerprint density at radius 3 is 2.52 bits per heavy atom. The van der Waals surface area contributed by atoms with Gasteiger partial charge in [0, 0.05) is 6.04 Å². The smallest absolute Gasteiger partial charge is 0.338 e. The maximum Gasteiger partial charge on any atom is 0.338 e. The van der Waals surface area contributed by atoms with Crippen LogP contribution in [0.2, 0.25) is 0 Å². The molecule has 142 valence electrons. The van der Waals surface area contributed by atoms with E-state index >= 15 is 0 Å². The van der Waals surface area contributed by atoms with Crippen molar-refractivity contribution in [2.45, 2.75) is 44.8 Å². The van der Waals surface area contributed by atoms with Gasteiger partial charge in [-0.3, -0.25) is 10.1 Å². The Morgan fingerprint density at radius 1 is 1.19 bits per heavy atom. The molecule has 1 aromatic carbocycles. The quantitative estimate of drug-likeness (QED) is 0.771. The van der Waals surface area contributed by atoms with Crippen molar-refractivity contribution >= 4 is 17.9 Å². The molecule has 1 aliphatic carbocycles. The number of carbonyl (C=O) groups excluding carboxylic acids is 3. The number of amides is 3. The van der Waals surface area contributed by atoms with Gasteiger partial charge in [0.2, 0.25) is 0 Å². The summed E-state index contributed by atoms with van der Waals surface area (Å²) in [5.74, 6) is -1.32. The largest absolute Gasteiger partial charge is 0.449 e. The zero-order valence-electron chi connectivity index (χ0n) is 14.9. The van der Waals surface area contributed by atoms with Crippen molar-refractivity contribution < 1.29 is 19.1 Å². The van der Waals surface area contributed by atoms with Gasteiger partial charge >= 0.3 is 12.0 Å². The third-order valence-electron chi connectivity index (χ3n) is 4.37. The van der Waals surface area contributed by atoms with Gasteiger partial charge in [0.15, 0.2) is 6.10 Å². The highest BCUT2D eigenvalue weighted by molar-refractivity contribution is 5.98. The number of urea groups is 1. The SMILES string of the molecule is C[C@H](OC(=O)c1ccc(-n2cncn2)cc1)C(=O)NC(=O)NC1CCCC1. The average Bonchev–Trinajstić information content (AvgIpc) is 3.35. The van der Waals surface area contributed by atoms with Crippen LogP contribution in [-0.4, -0.2) is 44.8 Å². The number of ether oxygens (including phenoxy) is 1. The van der Waals surface area contributed by atoms with Crippen LogP contribution in [0.4, 0.5) is 4.79 Å². The highest BCUT2D eigenvalue weighted by Crippen LogP contribution is 2.17. The number of nitrogens with zero attached hydrogens (tertiary/aromatic N) is 3. The molecule has 1 fully saturated rings. The lowest BCUT2D eigenvalue weighted by atomic mass is 10.2. The first-order valence-electron chi connectivity index (χ1n) is 8.80. The number of imide groups is 1. The molecule has 2 N–H and O–H groups in total. The van der Waals surface area contributed by atoms with Gasteiger partial charge < -0.3 is 10.1 Å². The van der Waals surface area contributed by atoms with Crippen LogP contribution in [0.3, 0.4) is 0 Å². The Labute approximate surface area is 156 Å². The van der Waals surface area contributed by atoms with Crippen LogP contribution in [0.5, 0.6) is 0 Å². The zero-order valence-corrected chi connectivity index (χ0v) is 14.9. The first-order valence-corrected chi connectivity index (χ1v) is 8.80. The van der Waals surface area contributed by atoms with E-state index in [0.29, 0.717) is 0 Å². The minimum Gasteiger partial charge on any atom is -0.449 e. The molecule has 2 aromatic rings. The molecule has 0 aliphatic heterocycles. The van der Waals surface area contributed by atoms with E-state index in [2.05, 4.69) is 20.7 Å². The molecule has 3 amide bonds. The van der Waals surface area contributed by atoms with Gasteiger partial charge in [-0.05, 0) is 44.0 Å². The molecule has 0 bridgehead atoms. The van der Waals surface area contributed by atoms with E-state index in [0.717, 1.165) is 31.4 Å². The molecule has 0 spiro atoms. The first-order chi connectivity index (χ1) is 13.0. The van der Waals surface area contributed by atoms with E-state index < -0.39 is 24.0 Å². The highest BCUT2D eigenvalue weighted by atomic mass is 16.5. The monoisotopic (exact) mass is 371 g/mol. The fourth-order valence-corrected chi connectivity index (χ4v) is 2.88. The fraction of sp³-hybridized carbons (Fsp3) is 0.389. The molecule has 1 heterocycles. The standard InChI is InChI=1S/C18H21N5O4/c1-12(16(24)22-18(26)21-14-4-2-3-5-14)27-17(25)13-6-8-15(9-7-13)23-11-19-10-20-23/h6-12,14H,2-5H2,1H3,(H2,21,22,24,26)/t12-/m0/s1. The third kappa shape index (κ3) is 4.90. The Bertz CT molecular complexity index is 798. The second-order valence-corrected chi connectivity index (χ2v) is 6.38. The van der Waals surface area contributed by atoms with Gasteiger partial charge in [0.25, 0.3) is 5.91 Å². The van der Waals surface area contributed by atoms with E-state index in [1.165, 1.54) is 19.6 Å². The predicted octanol–water partition coefficient (Wildman–Crippen LogP) is 1.58. The Hall–Kier alpha value is -3.23. The first kappa shape index (κ1) is 18.6. The minimum atomic E-state index is -1.10. The average molecular weight is 371 g/mol. The number of aromatic nitrogens is 3. The summed E-state index contributed by atoms with van der Waals surface area (Å²) in [5, 5.41) is 8.95. The summed E-state index contributed by atoms with van der Waals surface area (Å²) in [6.07, 6.45) is 5.82. The molecule has 1 saturated carbocycles. The summed E-state index contributed by atoms with van der Waals surface area (Å²) >= 11 is 0. The van der Waals surface area contributed by atoms with Crippen molar-refractivity contribution in [3.05, 3.63) is 42.5 Å². The number of benzene rings is 1. The minimum absolute atomic E-state index is 0.0964. The van der Waals surface area contributed by atoms with Crippen LogP contribution in [0, 0.1) is 0 Å². The van der Waals surface area contributed by atoms with Gasteiger partial charge in [0.05, 0.1) is 11.3 Å². The molecule has 3 rings (SSSR count). The Balaban J connectivity index is 1.50. The lowest BCUT2D eigenvalue weighted by Crippen LogP contribution is -2.47. The highest BCUT2D eigenvalue weighted by Gasteiger charge is 2.23. The van der Waals surface area contributed by atoms with E-state index in [1.54, 1.807) is 28.9 Å². The molecular formula is C18H21N5O4. The molecule has 9 nitrogen and oxygen atoms in total. The van der Waals surface area contributed by atoms with Gasteiger partial charge in [-0.2, -0.15) is 5.10 Å². The number of hydrogen-bond donors (Lipinski definition) is 2. The number of rotatable bonds is 5. The van der Waals surface area contributed by atoms with Crippen molar-refractivity contribution in [3.63, 3.8) is 0 Å². The van der Waals surface area contributed by atoms with E-state index in [9.17, 15) is 14.4 Å². The van der Waals surface area contributed by atoms with E-state index in [-0.39, 0.29) is 11.6 Å². The molecule has 0 saturated heterocycles. The summed E-state index contributed by atoms with van der Waals surface area (Å²) in [7, 11) is 0. The fourth-order valence-electron chi connectivity index (χ4n) is 2.88. The summed E-state index contributed by atoms with van der Waals surface area (Å²) in [5.41, 5.74) is 1.02.